The normalized spacial score (nSPS) is 12.3. The summed E-state index contributed by atoms with van der Waals surface area (Å²) in [6.07, 6.45) is 7.99. The molecule has 0 unspecified atom stereocenters. The van der Waals surface area contributed by atoms with Crippen LogP contribution in [0.15, 0.2) is 231 Å². The second kappa shape index (κ2) is 16.7. The van der Waals surface area contributed by atoms with Crippen molar-refractivity contribution in [3.8, 4) is 48.1 Å². The molecule has 0 fully saturated rings. The minimum absolute atomic E-state index is 0.863. The molecule has 3 aromatic heterocycles. The van der Waals surface area contributed by atoms with Gasteiger partial charge in [0, 0.05) is 52.9 Å². The van der Waals surface area contributed by atoms with Gasteiger partial charge in [0.15, 0.2) is 0 Å². The highest BCUT2D eigenvalue weighted by Crippen LogP contribution is 2.43. The Morgan fingerprint density at radius 1 is 0.415 bits per heavy atom. The number of nitrogens with zero attached hydrogens (tertiary/aromatic N) is 2. The zero-order valence-corrected chi connectivity index (χ0v) is 37.1. The molecule has 3 heterocycles. The van der Waals surface area contributed by atoms with Crippen molar-refractivity contribution < 1.29 is 0 Å². The van der Waals surface area contributed by atoms with Gasteiger partial charge in [0.1, 0.15) is 0 Å². The van der Waals surface area contributed by atoms with E-state index in [-0.39, 0.29) is 0 Å². The van der Waals surface area contributed by atoms with E-state index in [1.807, 2.05) is 22.7 Å². The van der Waals surface area contributed by atoms with Crippen LogP contribution in [0.2, 0.25) is 0 Å². The van der Waals surface area contributed by atoms with E-state index in [9.17, 15) is 0 Å². The summed E-state index contributed by atoms with van der Waals surface area (Å²) in [4.78, 5) is 7.51. The van der Waals surface area contributed by atoms with Crippen LogP contribution in [-0.4, -0.2) is 4.57 Å². The van der Waals surface area contributed by atoms with Crippen LogP contribution in [-0.2, 0) is 0 Å². The minimum atomic E-state index is 0.863. The van der Waals surface area contributed by atoms with Gasteiger partial charge in [-0.3, -0.25) is 0 Å². The predicted molar refractivity (Wildman–Crippen MR) is 281 cm³/mol. The molecular formula is C61H42N2S2. The highest BCUT2D eigenvalue weighted by atomic mass is 32.1. The Kier molecular flexibility index (Phi) is 10.0. The lowest BCUT2D eigenvalue weighted by Gasteiger charge is -2.27. The molecule has 0 N–H and O–H groups in total. The van der Waals surface area contributed by atoms with Gasteiger partial charge in [0.2, 0.25) is 0 Å². The standard InChI is InChI=1S/C61H42N2S2/c1-4-15-44(16-5-1)58-36-37-60(64-58)46-28-33-51(34-29-46)63-56-25-13-20-48(61-39-38-59(65-61)45-17-6-2-7-18-45)41-54(56)53-40-47(30-35-57(53)63)42-26-31-50(32-27-42)62(49-21-8-3-9-22-49)55-24-12-19-43-14-10-11-23-52(43)55/h1-19,21-41H,20H2. The summed E-state index contributed by atoms with van der Waals surface area (Å²) >= 11 is 3.71. The number of hydrogen-bond donors (Lipinski definition) is 0. The zero-order valence-electron chi connectivity index (χ0n) is 35.5. The van der Waals surface area contributed by atoms with Gasteiger partial charge in [-0.15, -0.1) is 22.7 Å². The number of allylic oxidation sites excluding steroid dienone is 2. The lowest BCUT2D eigenvalue weighted by molar-refractivity contribution is 1.11. The molecule has 8 aromatic carbocycles. The monoisotopic (exact) mass is 866 g/mol. The Hall–Kier alpha value is -7.76. The van der Waals surface area contributed by atoms with Gasteiger partial charge in [-0.05, 0) is 136 Å². The Morgan fingerprint density at radius 3 is 1.68 bits per heavy atom. The molecule has 1 aliphatic carbocycles. The van der Waals surface area contributed by atoms with Crippen LogP contribution >= 0.6 is 22.7 Å². The Balaban J connectivity index is 0.956. The lowest BCUT2D eigenvalue weighted by Crippen LogP contribution is -2.10. The first-order chi connectivity index (χ1) is 32.2. The molecule has 0 atom stereocenters. The maximum absolute atomic E-state index is 2.45. The van der Waals surface area contributed by atoms with E-state index in [0.29, 0.717) is 0 Å². The fourth-order valence-corrected chi connectivity index (χ4v) is 11.4. The van der Waals surface area contributed by atoms with E-state index >= 15 is 0 Å². The molecule has 0 amide bonds. The highest BCUT2D eigenvalue weighted by Gasteiger charge is 2.21. The average Bonchev–Trinajstić information content (AvgIpc) is 4.11. The summed E-state index contributed by atoms with van der Waals surface area (Å²) in [7, 11) is 0. The predicted octanol–water partition coefficient (Wildman–Crippen LogP) is 18.0. The lowest BCUT2D eigenvalue weighted by atomic mass is 10.00. The molecule has 0 bridgehead atoms. The van der Waals surface area contributed by atoms with E-state index in [0.717, 1.165) is 29.2 Å². The summed E-state index contributed by atoms with van der Waals surface area (Å²) in [5.41, 5.74) is 15.6. The number of hydrogen-bond acceptors (Lipinski definition) is 3. The van der Waals surface area contributed by atoms with E-state index in [2.05, 4.69) is 252 Å². The fourth-order valence-electron chi connectivity index (χ4n) is 9.32. The van der Waals surface area contributed by atoms with E-state index in [4.69, 9.17) is 0 Å². The van der Waals surface area contributed by atoms with Gasteiger partial charge >= 0.3 is 0 Å². The van der Waals surface area contributed by atoms with Gasteiger partial charge in [0.25, 0.3) is 0 Å². The molecule has 11 aromatic rings. The number of anilines is 3. The minimum Gasteiger partial charge on any atom is -0.310 e. The molecule has 308 valence electrons. The van der Waals surface area contributed by atoms with Crippen molar-refractivity contribution in [1.29, 1.82) is 0 Å². The van der Waals surface area contributed by atoms with Crippen LogP contribution < -0.4 is 4.90 Å². The number of benzene rings is 8. The maximum Gasteiger partial charge on any atom is 0.0541 e. The zero-order chi connectivity index (χ0) is 43.1. The van der Waals surface area contributed by atoms with E-state index < -0.39 is 0 Å². The molecule has 65 heavy (non-hydrogen) atoms. The van der Waals surface area contributed by atoms with Gasteiger partial charge in [-0.2, -0.15) is 0 Å². The average molecular weight is 867 g/mol. The molecule has 0 aliphatic heterocycles. The molecule has 2 nitrogen and oxygen atoms in total. The molecule has 1 aliphatic rings. The molecule has 0 radical (unpaired) electrons. The van der Waals surface area contributed by atoms with Gasteiger partial charge in [-0.25, -0.2) is 0 Å². The van der Waals surface area contributed by atoms with Crippen LogP contribution in [0, 0.1) is 0 Å². The third kappa shape index (κ3) is 7.33. The first kappa shape index (κ1) is 38.9. The van der Waals surface area contributed by atoms with Crippen molar-refractivity contribution >= 4 is 79.1 Å². The van der Waals surface area contributed by atoms with E-state index in [1.54, 1.807) is 0 Å². The third-order valence-corrected chi connectivity index (χ3v) is 14.9. The van der Waals surface area contributed by atoms with Crippen LogP contribution in [0.1, 0.15) is 22.6 Å². The summed E-state index contributed by atoms with van der Waals surface area (Å²) < 4.78 is 2.45. The quantitative estimate of drug-likeness (QED) is 0.140. The summed E-state index contributed by atoms with van der Waals surface area (Å²) in [6.45, 7) is 0. The first-order valence-corrected chi connectivity index (χ1v) is 23.8. The number of rotatable bonds is 9. The number of fused-ring (bicyclic) bond motifs is 4. The summed E-state index contributed by atoms with van der Waals surface area (Å²) in [5, 5.41) is 3.68. The van der Waals surface area contributed by atoms with Crippen molar-refractivity contribution in [2.45, 2.75) is 6.42 Å². The topological polar surface area (TPSA) is 8.17 Å². The second-order valence-electron chi connectivity index (χ2n) is 16.5. The molecule has 0 saturated heterocycles. The SMILES string of the molecule is C1=Cc2c(c3cc(-c4ccc(N(c5ccccc5)c5cccc6ccccc56)cc4)ccc3n2-c2ccc(-c3ccc(-c4ccccc4)s3)cc2)C=C(c2ccc(-c3ccccc3)s2)C1. The largest absolute Gasteiger partial charge is 0.310 e. The van der Waals surface area contributed by atoms with Crippen molar-refractivity contribution in [3.05, 3.63) is 247 Å². The van der Waals surface area contributed by atoms with Crippen LogP contribution in [0.4, 0.5) is 17.1 Å². The Labute approximate surface area is 387 Å². The maximum atomic E-state index is 2.45. The first-order valence-electron chi connectivity index (χ1n) is 22.1. The highest BCUT2D eigenvalue weighted by molar-refractivity contribution is 7.18. The molecule has 4 heteroatoms. The second-order valence-corrected chi connectivity index (χ2v) is 18.6. The van der Waals surface area contributed by atoms with Crippen molar-refractivity contribution in [2.75, 3.05) is 4.90 Å². The molecule has 0 spiro atoms. The van der Waals surface area contributed by atoms with Gasteiger partial charge in [-0.1, -0.05) is 152 Å². The Bertz CT molecular complexity index is 3530. The van der Waals surface area contributed by atoms with E-state index in [1.165, 1.54) is 85.8 Å². The molecule has 0 saturated carbocycles. The van der Waals surface area contributed by atoms with Crippen molar-refractivity contribution in [2.24, 2.45) is 0 Å². The molecule has 12 rings (SSSR count). The van der Waals surface area contributed by atoms with Crippen LogP contribution in [0.25, 0.3) is 87.5 Å². The summed E-state index contributed by atoms with van der Waals surface area (Å²) in [5.74, 6) is 0. The molecular weight excluding hydrogens is 825 g/mol. The Morgan fingerprint density at radius 2 is 0.969 bits per heavy atom. The smallest absolute Gasteiger partial charge is 0.0541 e. The number of aromatic nitrogens is 1. The van der Waals surface area contributed by atoms with Crippen molar-refractivity contribution in [1.82, 2.24) is 4.57 Å². The van der Waals surface area contributed by atoms with Crippen LogP contribution in [0.3, 0.4) is 0 Å². The van der Waals surface area contributed by atoms with Gasteiger partial charge in [0.05, 0.1) is 16.9 Å². The summed E-state index contributed by atoms with van der Waals surface area (Å²) in [6, 6.07) is 81.5. The van der Waals surface area contributed by atoms with Crippen LogP contribution in [0.5, 0.6) is 0 Å². The fraction of sp³-hybridized carbons (Fsp3) is 0.0164. The van der Waals surface area contributed by atoms with Crippen molar-refractivity contribution in [3.63, 3.8) is 0 Å². The number of thiophene rings is 2. The van der Waals surface area contributed by atoms with Gasteiger partial charge < -0.3 is 9.47 Å². The number of para-hydroxylation sites is 1. The third-order valence-electron chi connectivity index (χ3n) is 12.5.